The van der Waals surface area contributed by atoms with Crippen LogP contribution in [0.5, 0.6) is 0 Å². The van der Waals surface area contributed by atoms with Gasteiger partial charge in [0.2, 0.25) is 10.0 Å². The second-order valence-corrected chi connectivity index (χ2v) is 6.57. The van der Waals surface area contributed by atoms with Gasteiger partial charge in [-0.2, -0.15) is 0 Å². The summed E-state index contributed by atoms with van der Waals surface area (Å²) in [6.45, 7) is 8.23. The number of nitrogens with one attached hydrogen (secondary N) is 1. The van der Waals surface area contributed by atoms with Crippen LogP contribution >= 0.6 is 0 Å². The van der Waals surface area contributed by atoms with Crippen molar-refractivity contribution in [2.45, 2.75) is 38.0 Å². The van der Waals surface area contributed by atoms with Gasteiger partial charge >= 0.3 is 0 Å². The van der Waals surface area contributed by atoms with Crippen molar-refractivity contribution in [2.24, 2.45) is 5.92 Å². The van der Waals surface area contributed by atoms with E-state index in [1.54, 1.807) is 24.3 Å². The van der Waals surface area contributed by atoms with Crippen LogP contribution in [-0.2, 0) is 10.0 Å². The van der Waals surface area contributed by atoms with Gasteiger partial charge in [0.25, 0.3) is 0 Å². The molecule has 0 heterocycles. The molecular formula is C15H23NO2S. The minimum atomic E-state index is -3.41. The number of hydrogen-bond donors (Lipinski definition) is 1. The Kier molecular flexibility index (Phi) is 6.25. The van der Waals surface area contributed by atoms with Gasteiger partial charge in [-0.05, 0) is 31.4 Å². The van der Waals surface area contributed by atoms with Crippen LogP contribution in [0.25, 0.3) is 0 Å². The highest BCUT2D eigenvalue weighted by molar-refractivity contribution is 7.89. The normalized spacial score (nSPS) is 13.2. The lowest BCUT2D eigenvalue weighted by Crippen LogP contribution is -2.28. The molecule has 19 heavy (non-hydrogen) atoms. The monoisotopic (exact) mass is 281 g/mol. The maximum atomic E-state index is 12.1. The molecule has 0 amide bonds. The van der Waals surface area contributed by atoms with E-state index < -0.39 is 10.0 Å². The Labute approximate surface area is 116 Å². The molecule has 0 bridgehead atoms. The summed E-state index contributed by atoms with van der Waals surface area (Å²) < 4.78 is 26.8. The molecule has 3 nitrogen and oxygen atoms in total. The van der Waals surface area contributed by atoms with Crippen LogP contribution in [0.1, 0.15) is 31.7 Å². The molecule has 1 aromatic rings. The number of unbranched alkanes of at least 4 members (excludes halogenated alkanes) is 1. The van der Waals surface area contributed by atoms with Crippen molar-refractivity contribution >= 4 is 10.0 Å². The first kappa shape index (κ1) is 15.9. The van der Waals surface area contributed by atoms with Crippen molar-refractivity contribution in [3.05, 3.63) is 42.5 Å². The van der Waals surface area contributed by atoms with Crippen molar-refractivity contribution in [1.29, 1.82) is 0 Å². The lowest BCUT2D eigenvalue weighted by atomic mass is 10.0. The zero-order valence-electron chi connectivity index (χ0n) is 11.7. The van der Waals surface area contributed by atoms with Crippen molar-refractivity contribution in [2.75, 3.05) is 6.54 Å². The number of benzene rings is 1. The van der Waals surface area contributed by atoms with Crippen molar-refractivity contribution < 1.29 is 8.42 Å². The SMILES string of the molecule is C=CC(CCCC)CNS(=O)(=O)c1ccc(C)cc1. The number of sulfonamides is 1. The van der Waals surface area contributed by atoms with Gasteiger partial charge in [-0.25, -0.2) is 13.1 Å². The Morgan fingerprint density at radius 1 is 1.32 bits per heavy atom. The molecule has 0 aromatic heterocycles. The van der Waals surface area contributed by atoms with Gasteiger partial charge in [0.05, 0.1) is 4.90 Å². The molecule has 0 aliphatic rings. The van der Waals surface area contributed by atoms with Crippen LogP contribution in [0, 0.1) is 12.8 Å². The Morgan fingerprint density at radius 2 is 1.95 bits per heavy atom. The van der Waals surface area contributed by atoms with E-state index in [0.717, 1.165) is 24.8 Å². The third-order valence-corrected chi connectivity index (χ3v) is 4.57. The average Bonchev–Trinajstić information content (AvgIpc) is 2.39. The van der Waals surface area contributed by atoms with E-state index >= 15 is 0 Å². The molecule has 0 spiro atoms. The Hall–Kier alpha value is -1.13. The predicted molar refractivity (Wildman–Crippen MR) is 79.6 cm³/mol. The lowest BCUT2D eigenvalue weighted by molar-refractivity contribution is 0.529. The zero-order valence-corrected chi connectivity index (χ0v) is 12.5. The van der Waals surface area contributed by atoms with Crippen molar-refractivity contribution in [1.82, 2.24) is 4.72 Å². The second kappa shape index (κ2) is 7.46. The summed E-state index contributed by atoms with van der Waals surface area (Å²) in [5.74, 6) is 0.195. The molecule has 106 valence electrons. The molecule has 1 atom stereocenters. The fourth-order valence-electron chi connectivity index (χ4n) is 1.79. The predicted octanol–water partition coefficient (Wildman–Crippen LogP) is 3.27. The quantitative estimate of drug-likeness (QED) is 0.743. The third kappa shape index (κ3) is 5.17. The molecule has 1 N–H and O–H groups in total. The molecule has 1 unspecified atom stereocenters. The smallest absolute Gasteiger partial charge is 0.211 e. The van der Waals surface area contributed by atoms with E-state index in [0.29, 0.717) is 11.4 Å². The highest BCUT2D eigenvalue weighted by Gasteiger charge is 2.15. The van der Waals surface area contributed by atoms with Gasteiger partial charge in [0.15, 0.2) is 0 Å². The van der Waals surface area contributed by atoms with Gasteiger partial charge in [-0.15, -0.1) is 6.58 Å². The summed E-state index contributed by atoms with van der Waals surface area (Å²) in [4.78, 5) is 0.316. The van der Waals surface area contributed by atoms with E-state index in [4.69, 9.17) is 0 Å². The highest BCUT2D eigenvalue weighted by atomic mass is 32.2. The molecule has 0 aliphatic heterocycles. The van der Waals surface area contributed by atoms with Crippen molar-refractivity contribution in [3.8, 4) is 0 Å². The fraction of sp³-hybridized carbons (Fsp3) is 0.467. The van der Waals surface area contributed by atoms with Crippen LogP contribution in [0.15, 0.2) is 41.8 Å². The van der Waals surface area contributed by atoms with E-state index in [2.05, 4.69) is 18.2 Å². The number of rotatable bonds is 8. The lowest BCUT2D eigenvalue weighted by Gasteiger charge is -2.13. The summed E-state index contributed by atoms with van der Waals surface area (Å²) in [5, 5.41) is 0. The maximum Gasteiger partial charge on any atom is 0.240 e. The van der Waals surface area contributed by atoms with Gasteiger partial charge in [0.1, 0.15) is 0 Å². The van der Waals surface area contributed by atoms with Gasteiger partial charge < -0.3 is 0 Å². The minimum absolute atomic E-state index is 0.195. The fourth-order valence-corrected chi connectivity index (χ4v) is 2.88. The van der Waals surface area contributed by atoms with Crippen LogP contribution in [0.4, 0.5) is 0 Å². The second-order valence-electron chi connectivity index (χ2n) is 4.80. The molecule has 0 radical (unpaired) electrons. The van der Waals surface area contributed by atoms with Gasteiger partial charge in [-0.1, -0.05) is 43.5 Å². The standard InChI is InChI=1S/C15H23NO2S/c1-4-6-7-14(5-2)12-16-19(17,18)15-10-8-13(3)9-11-15/h5,8-11,14,16H,2,4,6-7,12H2,1,3H3. The largest absolute Gasteiger partial charge is 0.240 e. The summed E-state index contributed by atoms with van der Waals surface area (Å²) >= 11 is 0. The third-order valence-electron chi connectivity index (χ3n) is 3.13. The van der Waals surface area contributed by atoms with E-state index in [-0.39, 0.29) is 5.92 Å². The number of aryl methyl sites for hydroxylation is 1. The summed E-state index contributed by atoms with van der Waals surface area (Å²) in [6, 6.07) is 6.87. The topological polar surface area (TPSA) is 46.2 Å². The Morgan fingerprint density at radius 3 is 2.47 bits per heavy atom. The van der Waals surface area contributed by atoms with Gasteiger partial charge in [-0.3, -0.25) is 0 Å². The average molecular weight is 281 g/mol. The van der Waals surface area contributed by atoms with Crippen LogP contribution < -0.4 is 4.72 Å². The molecule has 1 rings (SSSR count). The Bertz CT molecular complexity index is 491. The highest BCUT2D eigenvalue weighted by Crippen LogP contribution is 2.12. The van der Waals surface area contributed by atoms with E-state index in [1.165, 1.54) is 0 Å². The summed E-state index contributed by atoms with van der Waals surface area (Å²) in [7, 11) is -3.41. The number of hydrogen-bond acceptors (Lipinski definition) is 2. The molecule has 4 heteroatoms. The summed E-state index contributed by atoms with van der Waals surface area (Å²) in [5.41, 5.74) is 1.05. The van der Waals surface area contributed by atoms with Crippen LogP contribution in [0.3, 0.4) is 0 Å². The first-order valence-corrected chi connectivity index (χ1v) is 8.16. The van der Waals surface area contributed by atoms with Gasteiger partial charge in [0, 0.05) is 6.54 Å². The zero-order chi connectivity index (χ0) is 14.3. The first-order valence-electron chi connectivity index (χ1n) is 6.68. The molecular weight excluding hydrogens is 258 g/mol. The summed E-state index contributed by atoms with van der Waals surface area (Å²) in [6.07, 6.45) is 4.99. The minimum Gasteiger partial charge on any atom is -0.211 e. The molecule has 0 saturated carbocycles. The maximum absolute atomic E-state index is 12.1. The van der Waals surface area contributed by atoms with Crippen LogP contribution in [-0.4, -0.2) is 15.0 Å². The molecule has 0 fully saturated rings. The molecule has 0 aliphatic carbocycles. The first-order chi connectivity index (χ1) is 8.99. The molecule has 0 saturated heterocycles. The molecule has 1 aromatic carbocycles. The van der Waals surface area contributed by atoms with E-state index in [9.17, 15) is 8.42 Å². The van der Waals surface area contributed by atoms with Crippen molar-refractivity contribution in [3.63, 3.8) is 0 Å². The van der Waals surface area contributed by atoms with E-state index in [1.807, 2.05) is 13.0 Å². The van der Waals surface area contributed by atoms with Crippen LogP contribution in [0.2, 0.25) is 0 Å². The Balaban J connectivity index is 2.64.